The molecule has 1 amide bonds. The van der Waals surface area contributed by atoms with Crippen LogP contribution in [0.4, 0.5) is 0 Å². The number of likely N-dealkylation sites (N-methyl/N-ethyl adjacent to an activating group) is 1. The third-order valence-electron chi connectivity index (χ3n) is 7.44. The lowest BCUT2D eigenvalue weighted by atomic mass is 9.90. The monoisotopic (exact) mass is 539 g/mol. The molecular formula is C29H37N3O5S. The highest BCUT2D eigenvalue weighted by atomic mass is 32.2. The first-order valence-electron chi connectivity index (χ1n) is 13.3. The molecule has 1 saturated carbocycles. The van der Waals surface area contributed by atoms with Gasteiger partial charge in [0, 0.05) is 37.2 Å². The molecule has 2 aliphatic rings. The Bertz CT molecular complexity index is 1280. The molecule has 38 heavy (non-hydrogen) atoms. The van der Waals surface area contributed by atoms with E-state index in [0.717, 1.165) is 12.8 Å². The minimum Gasteiger partial charge on any atom is -0.472 e. The number of sulfonamides is 1. The summed E-state index contributed by atoms with van der Waals surface area (Å²) in [7, 11) is -2.21. The van der Waals surface area contributed by atoms with Crippen molar-refractivity contribution in [2.45, 2.75) is 63.0 Å². The number of rotatable bonds is 6. The molecule has 2 heterocycles. The quantitative estimate of drug-likeness (QED) is 0.564. The van der Waals surface area contributed by atoms with Gasteiger partial charge in [-0.2, -0.15) is 4.31 Å². The summed E-state index contributed by atoms with van der Waals surface area (Å²) < 4.78 is 33.9. The minimum absolute atomic E-state index is 0.0677. The van der Waals surface area contributed by atoms with E-state index in [2.05, 4.69) is 16.8 Å². The molecule has 1 aromatic carbocycles. The molecule has 0 bridgehead atoms. The summed E-state index contributed by atoms with van der Waals surface area (Å²) in [5.74, 6) is 6.52. The zero-order valence-corrected chi connectivity index (χ0v) is 23.2. The van der Waals surface area contributed by atoms with Crippen molar-refractivity contribution in [1.29, 1.82) is 0 Å². The van der Waals surface area contributed by atoms with Gasteiger partial charge >= 0.3 is 0 Å². The number of nitrogens with zero attached hydrogens (tertiary/aromatic N) is 3. The molecule has 204 valence electrons. The van der Waals surface area contributed by atoms with E-state index in [1.807, 2.05) is 6.92 Å². The van der Waals surface area contributed by atoms with Crippen LogP contribution in [0.25, 0.3) is 0 Å². The second-order valence-electron chi connectivity index (χ2n) is 10.4. The van der Waals surface area contributed by atoms with Gasteiger partial charge in [0.05, 0.1) is 24.1 Å². The van der Waals surface area contributed by atoms with Crippen molar-refractivity contribution in [3.8, 4) is 17.7 Å². The van der Waals surface area contributed by atoms with Crippen molar-refractivity contribution in [2.75, 3.05) is 26.7 Å². The zero-order valence-electron chi connectivity index (χ0n) is 22.3. The topological polar surface area (TPSA) is 100 Å². The van der Waals surface area contributed by atoms with Gasteiger partial charge in [0.1, 0.15) is 11.7 Å². The maximum absolute atomic E-state index is 13.6. The summed E-state index contributed by atoms with van der Waals surface area (Å²) in [4.78, 5) is 19.9. The molecule has 1 N–H and O–H groups in total. The number of aliphatic hydroxyl groups excluding tert-OH is 1. The molecule has 2 aromatic rings. The highest BCUT2D eigenvalue weighted by Gasteiger charge is 2.35. The third-order valence-corrected chi connectivity index (χ3v) is 9.27. The number of hydrogen-bond acceptors (Lipinski definition) is 6. The molecule has 1 aliphatic carbocycles. The molecule has 1 aliphatic heterocycles. The van der Waals surface area contributed by atoms with Crippen LogP contribution in [-0.2, 0) is 10.0 Å². The lowest BCUT2D eigenvalue weighted by molar-refractivity contribution is 0.0373. The number of benzene rings is 1. The van der Waals surface area contributed by atoms with Gasteiger partial charge in [-0.25, -0.2) is 13.4 Å². The molecule has 9 heteroatoms. The molecule has 0 spiro atoms. The standard InChI is InChI=1S/C29H37N3O5S/c1-21-18-32(22(2)20-33)29(34)26-16-24(15-14-23-10-6-4-7-11-23)17-30-28(26)37-27(21)19-31(3)38(35,36)25-12-8-5-9-13-25/h5,8-9,12-13,16-17,21-23,27,33H,4,6-7,10-11,18-20H2,1-3H3/t21-,22-,27+/m1/s1. The van der Waals surface area contributed by atoms with Crippen molar-refractivity contribution in [1.82, 2.24) is 14.2 Å². The Morgan fingerprint density at radius 3 is 2.61 bits per heavy atom. The number of aromatic nitrogens is 1. The lowest BCUT2D eigenvalue weighted by Gasteiger charge is -2.37. The van der Waals surface area contributed by atoms with E-state index in [9.17, 15) is 18.3 Å². The van der Waals surface area contributed by atoms with E-state index in [0.29, 0.717) is 18.0 Å². The molecule has 3 atom stereocenters. The molecule has 0 radical (unpaired) electrons. The first-order chi connectivity index (χ1) is 18.2. The molecule has 8 nitrogen and oxygen atoms in total. The van der Waals surface area contributed by atoms with Crippen LogP contribution in [0.1, 0.15) is 61.9 Å². The second-order valence-corrected chi connectivity index (χ2v) is 12.4. The van der Waals surface area contributed by atoms with Gasteiger partial charge in [0.15, 0.2) is 0 Å². The SMILES string of the molecule is C[C@@H]1CN([C@H](C)CO)C(=O)c2cc(C#CC3CCCCC3)cnc2O[C@H]1CN(C)S(=O)(=O)c1ccccc1. The van der Waals surface area contributed by atoms with Crippen LogP contribution in [-0.4, -0.2) is 72.5 Å². The molecule has 4 rings (SSSR count). The van der Waals surface area contributed by atoms with Crippen LogP contribution in [0.5, 0.6) is 5.88 Å². The van der Waals surface area contributed by atoms with Crippen LogP contribution in [0.2, 0.25) is 0 Å². The van der Waals surface area contributed by atoms with Gasteiger partial charge in [-0.3, -0.25) is 4.79 Å². The van der Waals surface area contributed by atoms with Crippen molar-refractivity contribution in [3.63, 3.8) is 0 Å². The summed E-state index contributed by atoms with van der Waals surface area (Å²) in [6.07, 6.45) is 6.85. The summed E-state index contributed by atoms with van der Waals surface area (Å²) in [6, 6.07) is 9.53. The second kappa shape index (κ2) is 12.3. The van der Waals surface area contributed by atoms with E-state index in [1.54, 1.807) is 54.4 Å². The Labute approximate surface area is 226 Å². The maximum Gasteiger partial charge on any atom is 0.259 e. The first kappa shape index (κ1) is 28.1. The number of pyridine rings is 1. The largest absolute Gasteiger partial charge is 0.472 e. The fraction of sp³-hybridized carbons (Fsp3) is 0.517. The van der Waals surface area contributed by atoms with E-state index in [1.165, 1.54) is 30.6 Å². The van der Waals surface area contributed by atoms with Gasteiger partial charge in [0.2, 0.25) is 15.9 Å². The molecule has 0 unspecified atom stereocenters. The number of amides is 1. The van der Waals surface area contributed by atoms with Crippen molar-refractivity contribution in [2.24, 2.45) is 11.8 Å². The van der Waals surface area contributed by atoms with E-state index >= 15 is 0 Å². The highest BCUT2D eigenvalue weighted by Crippen LogP contribution is 2.28. The van der Waals surface area contributed by atoms with Crippen molar-refractivity contribution >= 4 is 15.9 Å². The number of ether oxygens (including phenoxy) is 1. The minimum atomic E-state index is -3.74. The number of hydrogen-bond donors (Lipinski definition) is 1. The fourth-order valence-corrected chi connectivity index (χ4v) is 6.15. The Balaban J connectivity index is 1.65. The van der Waals surface area contributed by atoms with E-state index in [4.69, 9.17) is 4.74 Å². The van der Waals surface area contributed by atoms with Crippen LogP contribution in [0, 0.1) is 23.7 Å². The molecular weight excluding hydrogens is 502 g/mol. The van der Waals surface area contributed by atoms with E-state index < -0.39 is 22.2 Å². The van der Waals surface area contributed by atoms with Crippen LogP contribution >= 0.6 is 0 Å². The summed E-state index contributed by atoms with van der Waals surface area (Å²) in [5, 5.41) is 9.88. The van der Waals surface area contributed by atoms with Gasteiger partial charge in [-0.15, -0.1) is 0 Å². The molecule has 1 fully saturated rings. The van der Waals surface area contributed by atoms with Crippen molar-refractivity contribution in [3.05, 3.63) is 53.7 Å². The molecule has 0 saturated heterocycles. The normalized spacial score (nSPS) is 21.5. The van der Waals surface area contributed by atoms with Crippen LogP contribution in [0.15, 0.2) is 47.5 Å². The highest BCUT2D eigenvalue weighted by molar-refractivity contribution is 7.89. The first-order valence-corrected chi connectivity index (χ1v) is 14.8. The lowest BCUT2D eigenvalue weighted by Crippen LogP contribution is -2.50. The predicted octanol–water partition coefficient (Wildman–Crippen LogP) is 3.55. The van der Waals surface area contributed by atoms with Crippen LogP contribution < -0.4 is 4.74 Å². The Morgan fingerprint density at radius 1 is 1.21 bits per heavy atom. The summed E-state index contributed by atoms with van der Waals surface area (Å²) in [6.45, 7) is 3.86. The van der Waals surface area contributed by atoms with Gasteiger partial charge < -0.3 is 14.7 Å². The van der Waals surface area contributed by atoms with Gasteiger partial charge in [-0.05, 0) is 38.0 Å². The number of aliphatic hydroxyl groups is 1. The smallest absolute Gasteiger partial charge is 0.259 e. The Hall–Kier alpha value is -2.93. The van der Waals surface area contributed by atoms with Crippen LogP contribution in [0.3, 0.4) is 0 Å². The van der Waals surface area contributed by atoms with Crippen molar-refractivity contribution < 1.29 is 23.1 Å². The third kappa shape index (κ3) is 6.37. The number of carbonyl (C=O) groups is 1. The molecule has 1 aromatic heterocycles. The average Bonchev–Trinajstić information content (AvgIpc) is 2.94. The average molecular weight is 540 g/mol. The number of carbonyl (C=O) groups excluding carboxylic acids is 1. The maximum atomic E-state index is 13.6. The zero-order chi connectivity index (χ0) is 27.3. The fourth-order valence-electron chi connectivity index (χ4n) is 4.94. The van der Waals surface area contributed by atoms with Gasteiger partial charge in [-0.1, -0.05) is 56.2 Å². The predicted molar refractivity (Wildman–Crippen MR) is 145 cm³/mol. The van der Waals surface area contributed by atoms with E-state index in [-0.39, 0.29) is 41.3 Å². The Morgan fingerprint density at radius 2 is 1.92 bits per heavy atom. The Kier molecular flexibility index (Phi) is 9.08. The summed E-state index contributed by atoms with van der Waals surface area (Å²) in [5.41, 5.74) is 0.906. The van der Waals surface area contributed by atoms with Gasteiger partial charge in [0.25, 0.3) is 5.91 Å². The number of fused-ring (bicyclic) bond motifs is 1. The summed E-state index contributed by atoms with van der Waals surface area (Å²) >= 11 is 0.